The van der Waals surface area contributed by atoms with Gasteiger partial charge in [0.25, 0.3) is 11.8 Å². The van der Waals surface area contributed by atoms with Crippen molar-refractivity contribution in [2.24, 2.45) is 0 Å². The third kappa shape index (κ3) is 4.65. The van der Waals surface area contributed by atoms with Crippen LogP contribution in [0, 0.1) is 0 Å². The van der Waals surface area contributed by atoms with Crippen LogP contribution < -0.4 is 10.2 Å². The molecule has 5 rings (SSSR count). The number of nitrogens with one attached hydrogen (secondary N) is 1. The summed E-state index contributed by atoms with van der Waals surface area (Å²) in [6, 6.07) is 14.1. The number of para-hydroxylation sites is 1. The summed E-state index contributed by atoms with van der Waals surface area (Å²) in [4.78, 5) is 55.9. The molecule has 0 saturated carbocycles. The molecule has 0 aliphatic carbocycles. The number of likely N-dealkylation sites (tertiary alicyclic amines) is 1. The summed E-state index contributed by atoms with van der Waals surface area (Å²) >= 11 is 0. The van der Waals surface area contributed by atoms with Gasteiger partial charge in [0.15, 0.2) is 0 Å². The smallest absolute Gasteiger partial charge is 0.256 e. The molecule has 2 saturated heterocycles. The molecule has 0 spiro atoms. The summed E-state index contributed by atoms with van der Waals surface area (Å²) in [6.07, 6.45) is 3.78. The van der Waals surface area contributed by atoms with E-state index in [0.717, 1.165) is 31.4 Å². The minimum Gasteiger partial charge on any atom is -0.352 e. The van der Waals surface area contributed by atoms with E-state index >= 15 is 0 Å². The second-order valence-electron chi connectivity index (χ2n) is 9.39. The Labute approximate surface area is 204 Å². The molecule has 35 heavy (non-hydrogen) atoms. The fourth-order valence-electron chi connectivity index (χ4n) is 5.23. The van der Waals surface area contributed by atoms with Gasteiger partial charge < -0.3 is 20.0 Å². The molecule has 2 aromatic rings. The molecular formula is C27H30N4O4. The molecule has 2 aromatic carbocycles. The molecule has 182 valence electrons. The summed E-state index contributed by atoms with van der Waals surface area (Å²) < 4.78 is 0. The van der Waals surface area contributed by atoms with Crippen LogP contribution in [0.4, 0.5) is 5.69 Å². The molecule has 1 atom stereocenters. The maximum atomic E-state index is 13.4. The molecule has 2 fully saturated rings. The van der Waals surface area contributed by atoms with Crippen molar-refractivity contribution in [2.75, 3.05) is 31.1 Å². The quantitative estimate of drug-likeness (QED) is 0.625. The van der Waals surface area contributed by atoms with Crippen molar-refractivity contribution in [1.29, 1.82) is 0 Å². The zero-order valence-corrected chi connectivity index (χ0v) is 19.7. The van der Waals surface area contributed by atoms with Crippen LogP contribution in [0.2, 0.25) is 0 Å². The highest BCUT2D eigenvalue weighted by atomic mass is 16.2. The summed E-state index contributed by atoms with van der Waals surface area (Å²) in [7, 11) is 0. The van der Waals surface area contributed by atoms with E-state index in [1.165, 1.54) is 0 Å². The lowest BCUT2D eigenvalue weighted by Gasteiger charge is -2.26. The summed E-state index contributed by atoms with van der Waals surface area (Å²) in [6.45, 7) is 2.93. The topological polar surface area (TPSA) is 90.0 Å². The predicted octanol–water partition coefficient (Wildman–Crippen LogP) is 2.58. The Morgan fingerprint density at radius 1 is 0.971 bits per heavy atom. The first-order valence-corrected chi connectivity index (χ1v) is 12.4. The van der Waals surface area contributed by atoms with E-state index in [0.29, 0.717) is 55.8 Å². The van der Waals surface area contributed by atoms with Gasteiger partial charge in [-0.1, -0.05) is 24.3 Å². The van der Waals surface area contributed by atoms with Gasteiger partial charge in [-0.05, 0) is 55.5 Å². The molecule has 8 heteroatoms. The van der Waals surface area contributed by atoms with Gasteiger partial charge in [0.05, 0.1) is 17.8 Å². The molecule has 0 unspecified atom stereocenters. The van der Waals surface area contributed by atoms with Gasteiger partial charge in [-0.2, -0.15) is 0 Å². The van der Waals surface area contributed by atoms with E-state index < -0.39 is 6.04 Å². The first-order valence-electron chi connectivity index (χ1n) is 12.4. The largest absolute Gasteiger partial charge is 0.352 e. The maximum absolute atomic E-state index is 13.4. The minimum absolute atomic E-state index is 0.0564. The zero-order valence-electron chi connectivity index (χ0n) is 19.7. The summed E-state index contributed by atoms with van der Waals surface area (Å²) in [5, 5.41) is 2.91. The average molecular weight is 475 g/mol. The number of carbonyl (C=O) groups is 4. The maximum Gasteiger partial charge on any atom is 0.256 e. The molecule has 3 aliphatic heterocycles. The Bertz CT molecular complexity index is 1150. The highest BCUT2D eigenvalue weighted by Crippen LogP contribution is 2.33. The predicted molar refractivity (Wildman–Crippen MR) is 131 cm³/mol. The minimum atomic E-state index is -0.421. The van der Waals surface area contributed by atoms with Gasteiger partial charge in [0.1, 0.15) is 6.04 Å². The molecule has 0 aromatic heterocycles. The Hall–Kier alpha value is -3.68. The van der Waals surface area contributed by atoms with E-state index in [1.54, 1.807) is 28.0 Å². The van der Waals surface area contributed by atoms with Gasteiger partial charge in [0.2, 0.25) is 11.8 Å². The Morgan fingerprint density at radius 2 is 1.77 bits per heavy atom. The SMILES string of the molecule is O=C(NCCCN1CCCC1=O)c1ccc(CN2C(=O)[C@H]3CCCN3C(=O)c3ccccc32)cc1. The number of benzene rings is 2. The fraction of sp³-hybridized carbons (Fsp3) is 0.407. The van der Waals surface area contributed by atoms with Crippen molar-refractivity contribution in [1.82, 2.24) is 15.1 Å². The molecule has 4 amide bonds. The second-order valence-corrected chi connectivity index (χ2v) is 9.39. The lowest BCUT2D eigenvalue weighted by Crippen LogP contribution is -2.44. The Balaban J connectivity index is 1.23. The van der Waals surface area contributed by atoms with Crippen molar-refractivity contribution >= 4 is 29.3 Å². The third-order valence-electron chi connectivity index (χ3n) is 7.11. The fourth-order valence-corrected chi connectivity index (χ4v) is 5.23. The standard InChI is InChI=1S/C27H30N4O4/c32-24-9-4-15-29(24)16-5-14-28-25(33)20-12-10-19(11-13-20)18-31-22-7-2-1-6-21(22)26(34)30-17-3-8-23(30)27(31)35/h1-2,6-7,10-13,23H,3-5,8-9,14-18H2,(H,28,33)/t23-/m1/s1. The number of fused-ring (bicyclic) bond motifs is 2. The number of amides is 4. The molecule has 1 N–H and O–H groups in total. The molecule has 0 radical (unpaired) electrons. The molecule has 3 aliphatic rings. The van der Waals surface area contributed by atoms with E-state index in [9.17, 15) is 19.2 Å². The monoisotopic (exact) mass is 474 g/mol. The molecule has 8 nitrogen and oxygen atoms in total. The highest BCUT2D eigenvalue weighted by molar-refractivity contribution is 6.11. The molecular weight excluding hydrogens is 444 g/mol. The van der Waals surface area contributed by atoms with Crippen molar-refractivity contribution in [3.63, 3.8) is 0 Å². The lowest BCUT2D eigenvalue weighted by atomic mass is 10.1. The summed E-state index contributed by atoms with van der Waals surface area (Å²) in [5.74, 6) is -0.103. The van der Waals surface area contributed by atoms with Crippen LogP contribution >= 0.6 is 0 Å². The van der Waals surface area contributed by atoms with E-state index in [4.69, 9.17) is 0 Å². The molecule has 0 bridgehead atoms. The first-order chi connectivity index (χ1) is 17.0. The van der Waals surface area contributed by atoms with E-state index in [2.05, 4.69) is 5.32 Å². The van der Waals surface area contributed by atoms with Crippen LogP contribution in [0.1, 0.15) is 58.4 Å². The number of anilines is 1. The zero-order chi connectivity index (χ0) is 24.4. The van der Waals surface area contributed by atoms with E-state index in [-0.39, 0.29) is 23.6 Å². The normalized spacial score (nSPS) is 19.6. The lowest BCUT2D eigenvalue weighted by molar-refractivity contribution is -0.127. The van der Waals surface area contributed by atoms with Gasteiger partial charge in [-0.25, -0.2) is 0 Å². The van der Waals surface area contributed by atoms with Gasteiger partial charge >= 0.3 is 0 Å². The second kappa shape index (κ2) is 9.90. The third-order valence-corrected chi connectivity index (χ3v) is 7.11. The van der Waals surface area contributed by atoms with Crippen LogP contribution in [0.15, 0.2) is 48.5 Å². The number of nitrogens with zero attached hydrogens (tertiary/aromatic N) is 3. The van der Waals surface area contributed by atoms with Crippen molar-refractivity contribution in [3.8, 4) is 0 Å². The number of hydrogen-bond acceptors (Lipinski definition) is 4. The van der Waals surface area contributed by atoms with Crippen LogP contribution in [0.5, 0.6) is 0 Å². The Morgan fingerprint density at radius 3 is 2.54 bits per heavy atom. The van der Waals surface area contributed by atoms with Gasteiger partial charge in [0, 0.05) is 38.2 Å². The van der Waals surface area contributed by atoms with Gasteiger partial charge in [-0.3, -0.25) is 19.2 Å². The van der Waals surface area contributed by atoms with Crippen LogP contribution in [0.25, 0.3) is 0 Å². The van der Waals surface area contributed by atoms with Crippen LogP contribution in [0.3, 0.4) is 0 Å². The van der Waals surface area contributed by atoms with Crippen LogP contribution in [-0.4, -0.2) is 65.6 Å². The average Bonchev–Trinajstić information content (AvgIpc) is 3.52. The summed E-state index contributed by atoms with van der Waals surface area (Å²) in [5.41, 5.74) is 2.62. The van der Waals surface area contributed by atoms with Crippen molar-refractivity contribution in [3.05, 3.63) is 65.2 Å². The highest BCUT2D eigenvalue weighted by Gasteiger charge is 2.41. The molecule has 3 heterocycles. The van der Waals surface area contributed by atoms with E-state index in [1.807, 2.05) is 35.2 Å². The van der Waals surface area contributed by atoms with Crippen LogP contribution in [-0.2, 0) is 16.1 Å². The Kier molecular flexibility index (Phi) is 6.53. The number of carbonyl (C=O) groups excluding carboxylic acids is 4. The number of hydrogen-bond donors (Lipinski definition) is 1. The first kappa shape index (κ1) is 23.1. The van der Waals surface area contributed by atoms with Gasteiger partial charge in [-0.15, -0.1) is 0 Å². The number of rotatable bonds is 7. The van der Waals surface area contributed by atoms with Crippen molar-refractivity contribution in [2.45, 2.75) is 44.7 Å². The van der Waals surface area contributed by atoms with Crippen molar-refractivity contribution < 1.29 is 19.2 Å².